The molecule has 0 aliphatic heterocycles. The van der Waals surface area contributed by atoms with Gasteiger partial charge in [0.25, 0.3) is 5.56 Å². The van der Waals surface area contributed by atoms with Crippen molar-refractivity contribution in [2.45, 2.75) is 18.6 Å². The first-order valence-corrected chi connectivity index (χ1v) is 10.2. The van der Waals surface area contributed by atoms with E-state index in [0.29, 0.717) is 40.0 Å². The van der Waals surface area contributed by atoms with Gasteiger partial charge < -0.3 is 10.1 Å². The monoisotopic (exact) mass is 401 g/mol. The van der Waals surface area contributed by atoms with E-state index in [1.54, 1.807) is 24.3 Å². The van der Waals surface area contributed by atoms with Gasteiger partial charge in [-0.15, -0.1) is 17.9 Å². The highest BCUT2D eigenvalue weighted by molar-refractivity contribution is 7.99. The Labute approximate surface area is 164 Å². The van der Waals surface area contributed by atoms with Gasteiger partial charge in [0.05, 0.1) is 23.4 Å². The zero-order valence-corrected chi connectivity index (χ0v) is 16.4. The van der Waals surface area contributed by atoms with Crippen molar-refractivity contribution < 1.29 is 9.53 Å². The summed E-state index contributed by atoms with van der Waals surface area (Å²) < 4.78 is 7.05. The van der Waals surface area contributed by atoms with Crippen molar-refractivity contribution in [3.05, 3.63) is 58.7 Å². The number of aromatic nitrogens is 2. The third-order valence-corrected chi connectivity index (χ3v) is 5.44. The van der Waals surface area contributed by atoms with Crippen molar-refractivity contribution >= 4 is 44.9 Å². The summed E-state index contributed by atoms with van der Waals surface area (Å²) in [6, 6.07) is 9.04. The number of thioether (sulfide) groups is 1. The molecule has 2 heterocycles. The third kappa shape index (κ3) is 4.40. The quantitative estimate of drug-likeness (QED) is 0.353. The molecule has 1 N–H and O–H groups in total. The summed E-state index contributed by atoms with van der Waals surface area (Å²) in [5.41, 5.74) is 0.501. The second-order valence-electron chi connectivity index (χ2n) is 5.50. The Bertz CT molecular complexity index is 1030. The highest BCUT2D eigenvalue weighted by atomic mass is 32.2. The van der Waals surface area contributed by atoms with E-state index in [0.717, 1.165) is 0 Å². The van der Waals surface area contributed by atoms with Crippen LogP contribution in [-0.2, 0) is 11.3 Å². The number of rotatable bonds is 8. The molecule has 27 heavy (non-hydrogen) atoms. The van der Waals surface area contributed by atoms with E-state index in [9.17, 15) is 9.59 Å². The highest BCUT2D eigenvalue weighted by Gasteiger charge is 2.14. The molecule has 0 atom stereocenters. The molecule has 3 rings (SSSR count). The van der Waals surface area contributed by atoms with Crippen LogP contribution < -0.4 is 15.6 Å². The number of carbonyl (C=O) groups excluding carboxylic acids is 1. The Morgan fingerprint density at radius 1 is 1.41 bits per heavy atom. The molecule has 1 aromatic carbocycles. The van der Waals surface area contributed by atoms with Crippen molar-refractivity contribution in [3.63, 3.8) is 0 Å². The number of carbonyl (C=O) groups is 1. The molecule has 0 radical (unpaired) electrons. The third-order valence-electron chi connectivity index (χ3n) is 3.65. The fourth-order valence-corrected chi connectivity index (χ4v) is 4.11. The number of hydrogen-bond acceptors (Lipinski definition) is 6. The second kappa shape index (κ2) is 8.88. The normalized spacial score (nSPS) is 10.7. The maximum atomic E-state index is 12.6. The lowest BCUT2D eigenvalue weighted by Crippen LogP contribution is -2.23. The van der Waals surface area contributed by atoms with Crippen LogP contribution in [0.1, 0.15) is 6.92 Å². The molecule has 0 saturated heterocycles. The van der Waals surface area contributed by atoms with Gasteiger partial charge in [0.1, 0.15) is 10.6 Å². The van der Waals surface area contributed by atoms with Crippen molar-refractivity contribution in [2.75, 3.05) is 17.7 Å². The smallest absolute Gasteiger partial charge is 0.263 e. The van der Waals surface area contributed by atoms with Crippen LogP contribution in [0.25, 0.3) is 10.2 Å². The molecule has 6 nitrogen and oxygen atoms in total. The molecular formula is C19H19N3O3S2. The van der Waals surface area contributed by atoms with E-state index in [1.165, 1.54) is 27.7 Å². The largest absolute Gasteiger partial charge is 0.492 e. The van der Waals surface area contributed by atoms with E-state index in [1.807, 2.05) is 24.4 Å². The van der Waals surface area contributed by atoms with Gasteiger partial charge in [-0.2, -0.15) is 0 Å². The van der Waals surface area contributed by atoms with Crippen LogP contribution in [0.15, 0.2) is 58.3 Å². The molecule has 140 valence electrons. The zero-order chi connectivity index (χ0) is 19.2. The Morgan fingerprint density at radius 3 is 3.00 bits per heavy atom. The molecule has 0 aliphatic carbocycles. The average molecular weight is 402 g/mol. The van der Waals surface area contributed by atoms with Crippen LogP contribution in [-0.4, -0.2) is 27.8 Å². The first kappa shape index (κ1) is 19.2. The number of ether oxygens (including phenoxy) is 1. The summed E-state index contributed by atoms with van der Waals surface area (Å²) in [5.74, 6) is 0.555. The molecular weight excluding hydrogens is 382 g/mol. The van der Waals surface area contributed by atoms with Crippen LogP contribution in [0.2, 0.25) is 0 Å². The lowest BCUT2D eigenvalue weighted by molar-refractivity contribution is -0.113. The van der Waals surface area contributed by atoms with Gasteiger partial charge in [0.2, 0.25) is 5.91 Å². The fourth-order valence-electron chi connectivity index (χ4n) is 2.50. The second-order valence-corrected chi connectivity index (χ2v) is 7.34. The summed E-state index contributed by atoms with van der Waals surface area (Å²) >= 11 is 2.63. The van der Waals surface area contributed by atoms with E-state index in [-0.39, 0.29) is 17.2 Å². The van der Waals surface area contributed by atoms with Gasteiger partial charge in [-0.25, -0.2) is 4.98 Å². The number of nitrogens with zero attached hydrogens (tertiary/aromatic N) is 2. The first-order chi connectivity index (χ1) is 13.1. The Morgan fingerprint density at radius 2 is 2.22 bits per heavy atom. The SMILES string of the molecule is C=CCn1c(SCC(=O)Nc2ccccc2OCC)nc2sccc2c1=O. The predicted octanol–water partition coefficient (Wildman–Crippen LogP) is 3.77. The van der Waals surface area contributed by atoms with E-state index in [2.05, 4.69) is 16.9 Å². The maximum Gasteiger partial charge on any atom is 0.263 e. The van der Waals surface area contributed by atoms with E-state index < -0.39 is 0 Å². The lowest BCUT2D eigenvalue weighted by atomic mass is 10.3. The average Bonchev–Trinajstić information content (AvgIpc) is 3.13. The number of nitrogens with one attached hydrogen (secondary N) is 1. The highest BCUT2D eigenvalue weighted by Crippen LogP contribution is 2.25. The number of fused-ring (bicyclic) bond motifs is 1. The number of para-hydroxylation sites is 2. The number of benzene rings is 1. The molecule has 0 saturated carbocycles. The number of amides is 1. The molecule has 8 heteroatoms. The van der Waals surface area contributed by atoms with Crippen molar-refractivity contribution in [3.8, 4) is 5.75 Å². The van der Waals surface area contributed by atoms with Crippen molar-refractivity contribution in [2.24, 2.45) is 0 Å². The summed E-state index contributed by atoms with van der Waals surface area (Å²) in [6.45, 7) is 6.44. The molecule has 3 aromatic rings. The Kier molecular flexibility index (Phi) is 6.31. The van der Waals surface area contributed by atoms with Crippen molar-refractivity contribution in [1.82, 2.24) is 9.55 Å². The summed E-state index contributed by atoms with van der Waals surface area (Å²) in [7, 11) is 0. The number of anilines is 1. The minimum atomic E-state index is -0.196. The maximum absolute atomic E-state index is 12.6. The van der Waals surface area contributed by atoms with Gasteiger partial charge in [-0.05, 0) is 30.5 Å². The zero-order valence-electron chi connectivity index (χ0n) is 14.8. The van der Waals surface area contributed by atoms with Crippen LogP contribution >= 0.6 is 23.1 Å². The molecule has 1 amide bonds. The lowest BCUT2D eigenvalue weighted by Gasteiger charge is -2.12. The van der Waals surface area contributed by atoms with Gasteiger partial charge in [-0.3, -0.25) is 14.2 Å². The van der Waals surface area contributed by atoms with Crippen LogP contribution in [0.3, 0.4) is 0 Å². The Hall–Kier alpha value is -2.58. The van der Waals surface area contributed by atoms with Crippen LogP contribution in [0.4, 0.5) is 5.69 Å². The summed E-state index contributed by atoms with van der Waals surface area (Å²) in [6.07, 6.45) is 1.64. The first-order valence-electron chi connectivity index (χ1n) is 8.37. The number of allylic oxidation sites excluding steroid dienone is 1. The predicted molar refractivity (Wildman–Crippen MR) is 111 cm³/mol. The van der Waals surface area contributed by atoms with E-state index in [4.69, 9.17) is 4.74 Å². The molecule has 0 unspecified atom stereocenters. The van der Waals surface area contributed by atoms with Gasteiger partial charge in [0, 0.05) is 6.54 Å². The topological polar surface area (TPSA) is 73.2 Å². The van der Waals surface area contributed by atoms with Crippen LogP contribution in [0.5, 0.6) is 5.75 Å². The van der Waals surface area contributed by atoms with Gasteiger partial charge >= 0.3 is 0 Å². The minimum absolute atomic E-state index is 0.120. The molecule has 2 aromatic heterocycles. The summed E-state index contributed by atoms with van der Waals surface area (Å²) in [5, 5.41) is 5.77. The number of hydrogen-bond donors (Lipinski definition) is 1. The Balaban J connectivity index is 1.76. The van der Waals surface area contributed by atoms with Gasteiger partial charge in [-0.1, -0.05) is 30.0 Å². The minimum Gasteiger partial charge on any atom is -0.492 e. The van der Waals surface area contributed by atoms with Gasteiger partial charge in [0.15, 0.2) is 5.16 Å². The van der Waals surface area contributed by atoms with Crippen LogP contribution in [0, 0.1) is 0 Å². The fraction of sp³-hybridized carbons (Fsp3) is 0.211. The van der Waals surface area contributed by atoms with Crippen molar-refractivity contribution in [1.29, 1.82) is 0 Å². The van der Waals surface area contributed by atoms with E-state index >= 15 is 0 Å². The molecule has 0 bridgehead atoms. The standard InChI is InChI=1S/C19H19N3O3S2/c1-3-10-22-18(24)13-9-11-26-17(13)21-19(22)27-12-16(23)20-14-7-5-6-8-15(14)25-4-2/h3,5-9,11H,1,4,10,12H2,2H3,(H,20,23). The summed E-state index contributed by atoms with van der Waals surface area (Å²) in [4.78, 5) is 30.2. The number of thiophene rings is 1. The molecule has 0 aliphatic rings. The molecule has 0 spiro atoms. The molecule has 0 fully saturated rings.